The number of ketones is 1. The molecule has 2 aromatic carbocycles. The largest absolute Gasteiger partial charge is 0.399 e. The van der Waals surface area contributed by atoms with Crippen molar-refractivity contribution in [3.05, 3.63) is 108 Å². The fourth-order valence-electron chi connectivity index (χ4n) is 4.03. The van der Waals surface area contributed by atoms with E-state index in [9.17, 15) is 23.2 Å². The minimum Gasteiger partial charge on any atom is -0.399 e. The monoisotopic (exact) mass is 536 g/mol. The van der Waals surface area contributed by atoms with E-state index in [0.29, 0.717) is 24.1 Å². The number of amides is 1. The molecule has 1 amide bonds. The van der Waals surface area contributed by atoms with E-state index in [0.717, 1.165) is 21.4 Å². The van der Waals surface area contributed by atoms with Crippen molar-refractivity contribution in [3.63, 3.8) is 0 Å². The molecule has 0 saturated heterocycles. The molecule has 4 N–H and O–H groups in total. The van der Waals surface area contributed by atoms with Gasteiger partial charge in [0.05, 0.1) is 24.0 Å². The number of hydrogen-bond acceptors (Lipinski definition) is 6. The number of aryl methyl sites for hydroxylation is 2. The highest BCUT2D eigenvalue weighted by atomic mass is 32.2. The lowest BCUT2D eigenvalue weighted by atomic mass is 10.0. The SMILES string of the molecule is C=C(N)c1ccc(CCC(=O)CNC(=O)C(CCc2cc[n+](O)cc2)CS(=O)(=O)Cc2ccccc2)cc1. The molecule has 9 heteroatoms. The Morgan fingerprint density at radius 2 is 1.55 bits per heavy atom. The molecule has 1 atom stereocenters. The number of carbonyl (C=O) groups excluding carboxylic acids is 2. The van der Waals surface area contributed by atoms with E-state index in [4.69, 9.17) is 5.73 Å². The van der Waals surface area contributed by atoms with Crippen LogP contribution in [0.4, 0.5) is 0 Å². The van der Waals surface area contributed by atoms with E-state index in [1.807, 2.05) is 30.3 Å². The highest BCUT2D eigenvalue weighted by Gasteiger charge is 2.26. The highest BCUT2D eigenvalue weighted by molar-refractivity contribution is 7.90. The lowest BCUT2D eigenvalue weighted by Crippen LogP contribution is -2.38. The van der Waals surface area contributed by atoms with Crippen molar-refractivity contribution in [1.82, 2.24) is 5.32 Å². The quantitative estimate of drug-likeness (QED) is 0.215. The molecule has 0 fully saturated rings. The number of pyridine rings is 1. The average molecular weight is 537 g/mol. The number of nitrogens with zero attached hydrogens (tertiary/aromatic N) is 1. The van der Waals surface area contributed by atoms with Gasteiger partial charge in [-0.1, -0.05) is 61.2 Å². The molecule has 200 valence electrons. The maximum absolute atomic E-state index is 13.0. The van der Waals surface area contributed by atoms with Crippen LogP contribution in [-0.2, 0) is 38.0 Å². The Morgan fingerprint density at radius 1 is 0.921 bits per heavy atom. The third-order valence-corrected chi connectivity index (χ3v) is 7.88. The lowest BCUT2D eigenvalue weighted by Gasteiger charge is -2.17. The molecule has 0 aliphatic rings. The summed E-state index contributed by atoms with van der Waals surface area (Å²) in [6.07, 6.45) is 4.41. The molecule has 1 heterocycles. The van der Waals surface area contributed by atoms with Crippen LogP contribution in [0, 0.1) is 5.92 Å². The zero-order valence-corrected chi connectivity index (χ0v) is 22.1. The van der Waals surface area contributed by atoms with Crippen molar-refractivity contribution in [1.29, 1.82) is 0 Å². The summed E-state index contributed by atoms with van der Waals surface area (Å²) in [6.45, 7) is 3.53. The van der Waals surface area contributed by atoms with Gasteiger partial charge in [-0.25, -0.2) is 8.42 Å². The number of Topliss-reactive ketones (excluding diaryl/α,β-unsaturated/α-hetero) is 1. The third-order valence-electron chi connectivity index (χ3n) is 6.20. The molecule has 0 saturated carbocycles. The Kier molecular flexibility index (Phi) is 10.2. The number of benzene rings is 2. The van der Waals surface area contributed by atoms with Crippen LogP contribution in [0.2, 0.25) is 0 Å². The maximum atomic E-state index is 13.0. The molecule has 38 heavy (non-hydrogen) atoms. The molecule has 0 aliphatic carbocycles. The van der Waals surface area contributed by atoms with E-state index in [-0.39, 0.29) is 36.7 Å². The van der Waals surface area contributed by atoms with Gasteiger partial charge >= 0.3 is 0 Å². The molecule has 0 aliphatic heterocycles. The highest BCUT2D eigenvalue weighted by Crippen LogP contribution is 2.16. The number of nitrogens with two attached hydrogens (primary N) is 1. The number of hydrogen-bond donors (Lipinski definition) is 3. The first-order valence-electron chi connectivity index (χ1n) is 12.4. The number of aromatic nitrogens is 1. The van der Waals surface area contributed by atoms with Crippen molar-refractivity contribution in [2.75, 3.05) is 12.3 Å². The summed E-state index contributed by atoms with van der Waals surface area (Å²) in [5, 5.41) is 12.1. The minimum atomic E-state index is -3.59. The smallest absolute Gasteiger partial charge is 0.224 e. The van der Waals surface area contributed by atoms with Crippen LogP contribution in [0.1, 0.15) is 35.1 Å². The predicted molar refractivity (Wildman–Crippen MR) is 146 cm³/mol. The molecule has 0 bridgehead atoms. The number of carbonyl (C=O) groups is 2. The van der Waals surface area contributed by atoms with Gasteiger partial charge in [-0.3, -0.25) is 14.8 Å². The van der Waals surface area contributed by atoms with Crippen LogP contribution in [0.3, 0.4) is 0 Å². The Bertz CT molecular complexity index is 1340. The Hall–Kier alpha value is -3.98. The Morgan fingerprint density at radius 3 is 2.18 bits per heavy atom. The van der Waals surface area contributed by atoms with Gasteiger partial charge in [0.2, 0.25) is 18.3 Å². The van der Waals surface area contributed by atoms with Crippen molar-refractivity contribution in [2.24, 2.45) is 11.7 Å². The Balaban J connectivity index is 1.59. The number of nitrogens with one attached hydrogen (secondary N) is 1. The second-order valence-electron chi connectivity index (χ2n) is 9.34. The first-order valence-corrected chi connectivity index (χ1v) is 14.2. The summed E-state index contributed by atoms with van der Waals surface area (Å²) < 4.78 is 26.8. The van der Waals surface area contributed by atoms with Crippen LogP contribution in [0.25, 0.3) is 5.70 Å². The summed E-state index contributed by atoms with van der Waals surface area (Å²) in [6, 6.07) is 19.7. The molecular formula is C29H34N3O5S+. The van der Waals surface area contributed by atoms with E-state index in [1.165, 1.54) is 12.4 Å². The van der Waals surface area contributed by atoms with Gasteiger partial charge in [0.25, 0.3) is 0 Å². The zero-order chi connectivity index (χ0) is 27.5. The van der Waals surface area contributed by atoms with Gasteiger partial charge in [-0.05, 0) is 41.5 Å². The Labute approximate surface area is 223 Å². The molecule has 1 aromatic heterocycles. The molecule has 8 nitrogen and oxygen atoms in total. The number of rotatable bonds is 14. The number of sulfone groups is 1. The van der Waals surface area contributed by atoms with Crippen LogP contribution in [0.15, 0.2) is 85.7 Å². The van der Waals surface area contributed by atoms with E-state index in [1.54, 1.807) is 36.4 Å². The summed E-state index contributed by atoms with van der Waals surface area (Å²) in [5.41, 5.74) is 9.45. The fraction of sp³-hybridized carbons (Fsp3) is 0.276. The summed E-state index contributed by atoms with van der Waals surface area (Å²) >= 11 is 0. The summed E-state index contributed by atoms with van der Waals surface area (Å²) in [7, 11) is -3.59. The minimum absolute atomic E-state index is 0.146. The maximum Gasteiger partial charge on any atom is 0.224 e. The molecular weight excluding hydrogens is 502 g/mol. The predicted octanol–water partition coefficient (Wildman–Crippen LogP) is 2.62. The van der Waals surface area contributed by atoms with E-state index in [2.05, 4.69) is 11.9 Å². The topological polar surface area (TPSA) is 130 Å². The van der Waals surface area contributed by atoms with Crippen LogP contribution in [0.5, 0.6) is 0 Å². The molecule has 0 radical (unpaired) electrons. The lowest BCUT2D eigenvalue weighted by molar-refractivity contribution is -0.904. The normalized spacial score (nSPS) is 12.0. The molecule has 3 aromatic rings. The van der Waals surface area contributed by atoms with Crippen molar-refractivity contribution < 1.29 is 27.9 Å². The average Bonchev–Trinajstić information content (AvgIpc) is 2.89. The van der Waals surface area contributed by atoms with Gasteiger partial charge in [0.15, 0.2) is 15.6 Å². The van der Waals surface area contributed by atoms with Gasteiger partial charge in [0.1, 0.15) is 0 Å². The molecule has 1 unspecified atom stereocenters. The van der Waals surface area contributed by atoms with Gasteiger partial charge in [0, 0.05) is 29.0 Å². The summed E-state index contributed by atoms with van der Waals surface area (Å²) in [4.78, 5) is 25.5. The van der Waals surface area contributed by atoms with Crippen LogP contribution >= 0.6 is 0 Å². The van der Waals surface area contributed by atoms with Gasteiger partial charge in [-0.15, -0.1) is 0 Å². The van der Waals surface area contributed by atoms with E-state index < -0.39 is 21.7 Å². The van der Waals surface area contributed by atoms with Gasteiger partial charge < -0.3 is 11.1 Å². The van der Waals surface area contributed by atoms with Crippen molar-refractivity contribution in [2.45, 2.75) is 31.4 Å². The van der Waals surface area contributed by atoms with E-state index >= 15 is 0 Å². The summed E-state index contributed by atoms with van der Waals surface area (Å²) in [5.74, 6) is -1.92. The van der Waals surface area contributed by atoms with Crippen LogP contribution in [-0.4, -0.2) is 37.6 Å². The van der Waals surface area contributed by atoms with Crippen molar-refractivity contribution in [3.8, 4) is 0 Å². The second-order valence-corrected chi connectivity index (χ2v) is 11.4. The van der Waals surface area contributed by atoms with Crippen LogP contribution < -0.4 is 15.8 Å². The second kappa shape index (κ2) is 13.5. The first-order chi connectivity index (χ1) is 18.1. The zero-order valence-electron chi connectivity index (χ0n) is 21.3. The van der Waals surface area contributed by atoms with Gasteiger partial charge in [-0.2, -0.15) is 0 Å². The molecule has 3 rings (SSSR count). The first kappa shape index (κ1) is 28.6. The molecule has 0 spiro atoms. The van der Waals surface area contributed by atoms with Crippen molar-refractivity contribution >= 4 is 27.2 Å². The standard InChI is InChI=1S/C29H33N3O5S/c1-22(30)26-11-7-23(8-12-26)10-14-28(33)19-31-29(34)27(13-9-24-15-17-32(35)18-16-24)21-38(36,37)20-25-5-3-2-4-6-25/h2-8,11-12,15-18,27H,1,9-10,13-14,19-21,30H2,(H-,31,34,35)/p+1. The fourth-order valence-corrected chi connectivity index (χ4v) is 5.78. The third kappa shape index (κ3) is 9.48.